The summed E-state index contributed by atoms with van der Waals surface area (Å²) in [5.74, 6) is 0.135. The lowest BCUT2D eigenvalue weighted by atomic mass is 9.94. The molecule has 0 bridgehead atoms. The number of benzene rings is 3. The maximum atomic E-state index is 13.4. The van der Waals surface area contributed by atoms with E-state index >= 15 is 0 Å². The van der Waals surface area contributed by atoms with Crippen LogP contribution in [0.4, 0.5) is 0 Å². The van der Waals surface area contributed by atoms with Crippen LogP contribution >= 0.6 is 0 Å². The molecule has 7 heteroatoms. The van der Waals surface area contributed by atoms with Crippen molar-refractivity contribution in [1.29, 1.82) is 0 Å². The van der Waals surface area contributed by atoms with Crippen molar-refractivity contribution in [2.75, 3.05) is 14.2 Å². The molecule has 1 saturated heterocycles. The number of hydrogen-bond donors (Lipinski definition) is 1. The summed E-state index contributed by atoms with van der Waals surface area (Å²) in [5.41, 5.74) is 2.95. The standard InChI is InChI=1S/C29H27NO6/c1-17-13-21-14-20(10-11-22(21)36-17)27(31)25-26(19-9-12-23(34-2)24(15-19)35-3)30(29(33)28(25)32)16-18-7-5-4-6-8-18/h4-12,14-15,17,26,31H,13,16H2,1-3H3/b27-25+/t17-,26-/m0/s1. The van der Waals surface area contributed by atoms with E-state index in [1.54, 1.807) is 30.3 Å². The van der Waals surface area contributed by atoms with Crippen molar-refractivity contribution in [1.82, 2.24) is 4.90 Å². The lowest BCUT2D eigenvalue weighted by Crippen LogP contribution is -2.29. The number of rotatable bonds is 6. The number of ketones is 1. The van der Waals surface area contributed by atoms with Crippen molar-refractivity contribution < 1.29 is 28.9 Å². The molecular weight excluding hydrogens is 458 g/mol. The second-order valence-electron chi connectivity index (χ2n) is 8.98. The van der Waals surface area contributed by atoms with Crippen LogP contribution in [0.2, 0.25) is 0 Å². The monoisotopic (exact) mass is 485 g/mol. The number of hydrogen-bond acceptors (Lipinski definition) is 6. The Balaban J connectivity index is 1.65. The largest absolute Gasteiger partial charge is 0.507 e. The third kappa shape index (κ3) is 4.06. The Kier molecular flexibility index (Phi) is 6.14. The highest BCUT2D eigenvalue weighted by atomic mass is 16.5. The Morgan fingerprint density at radius 1 is 1.00 bits per heavy atom. The normalized spacial score (nSPS) is 20.2. The van der Waals surface area contributed by atoms with Gasteiger partial charge >= 0.3 is 0 Å². The van der Waals surface area contributed by atoms with E-state index in [1.807, 2.05) is 43.3 Å². The Morgan fingerprint density at radius 2 is 1.75 bits per heavy atom. The highest BCUT2D eigenvalue weighted by Gasteiger charge is 2.46. The molecule has 0 unspecified atom stereocenters. The zero-order valence-electron chi connectivity index (χ0n) is 20.4. The Morgan fingerprint density at radius 3 is 2.47 bits per heavy atom. The second-order valence-corrected chi connectivity index (χ2v) is 8.98. The van der Waals surface area contributed by atoms with Gasteiger partial charge in [-0.3, -0.25) is 9.59 Å². The van der Waals surface area contributed by atoms with E-state index in [1.165, 1.54) is 19.1 Å². The van der Waals surface area contributed by atoms with Crippen LogP contribution in [0.3, 0.4) is 0 Å². The highest BCUT2D eigenvalue weighted by molar-refractivity contribution is 6.46. The first-order valence-corrected chi connectivity index (χ1v) is 11.8. The summed E-state index contributed by atoms with van der Waals surface area (Å²) < 4.78 is 16.6. The first kappa shape index (κ1) is 23.5. The zero-order chi connectivity index (χ0) is 25.4. The molecule has 1 amide bonds. The number of amides is 1. The fourth-order valence-corrected chi connectivity index (χ4v) is 4.92. The van der Waals surface area contributed by atoms with Gasteiger partial charge in [-0.15, -0.1) is 0 Å². The molecule has 3 aromatic carbocycles. The van der Waals surface area contributed by atoms with Gasteiger partial charge in [-0.1, -0.05) is 36.4 Å². The number of likely N-dealkylation sites (tertiary alicyclic amines) is 1. The predicted molar refractivity (Wildman–Crippen MR) is 134 cm³/mol. The maximum absolute atomic E-state index is 13.4. The smallest absolute Gasteiger partial charge is 0.295 e. The van der Waals surface area contributed by atoms with Crippen LogP contribution in [0.25, 0.3) is 5.76 Å². The molecule has 1 N–H and O–H groups in total. The van der Waals surface area contributed by atoms with Crippen molar-refractivity contribution in [2.24, 2.45) is 0 Å². The molecule has 1 fully saturated rings. The first-order chi connectivity index (χ1) is 17.4. The topological polar surface area (TPSA) is 85.3 Å². The molecule has 0 spiro atoms. The molecule has 36 heavy (non-hydrogen) atoms. The molecule has 0 saturated carbocycles. The van der Waals surface area contributed by atoms with Gasteiger partial charge in [-0.25, -0.2) is 0 Å². The predicted octanol–water partition coefficient (Wildman–Crippen LogP) is 4.65. The number of nitrogens with zero attached hydrogens (tertiary/aromatic N) is 1. The van der Waals surface area contributed by atoms with Crippen molar-refractivity contribution in [2.45, 2.75) is 32.0 Å². The van der Waals surface area contributed by atoms with Gasteiger partial charge in [0, 0.05) is 18.5 Å². The van der Waals surface area contributed by atoms with Gasteiger partial charge in [0.2, 0.25) is 0 Å². The average Bonchev–Trinajstić information content (AvgIpc) is 3.39. The van der Waals surface area contributed by atoms with E-state index in [-0.39, 0.29) is 24.0 Å². The third-order valence-corrected chi connectivity index (χ3v) is 6.63. The summed E-state index contributed by atoms with van der Waals surface area (Å²) in [7, 11) is 3.06. The van der Waals surface area contributed by atoms with Gasteiger partial charge in [-0.05, 0) is 53.9 Å². The van der Waals surface area contributed by atoms with Crippen LogP contribution in [0.5, 0.6) is 17.2 Å². The second kappa shape index (κ2) is 9.41. The molecule has 7 nitrogen and oxygen atoms in total. The van der Waals surface area contributed by atoms with Gasteiger partial charge in [-0.2, -0.15) is 0 Å². The maximum Gasteiger partial charge on any atom is 0.295 e. The molecule has 0 aromatic heterocycles. The van der Waals surface area contributed by atoms with E-state index in [0.29, 0.717) is 29.0 Å². The number of fused-ring (bicyclic) bond motifs is 1. The van der Waals surface area contributed by atoms with Crippen LogP contribution in [0, 0.1) is 0 Å². The van der Waals surface area contributed by atoms with Crippen LogP contribution in [0.1, 0.15) is 35.2 Å². The molecular formula is C29H27NO6. The molecule has 5 rings (SSSR count). The third-order valence-electron chi connectivity index (χ3n) is 6.63. The molecule has 2 heterocycles. The molecule has 0 radical (unpaired) electrons. The molecule has 2 atom stereocenters. The summed E-state index contributed by atoms with van der Waals surface area (Å²) in [4.78, 5) is 28.2. The van der Waals surface area contributed by atoms with E-state index in [9.17, 15) is 14.7 Å². The van der Waals surface area contributed by atoms with Crippen LogP contribution in [0.15, 0.2) is 72.3 Å². The number of methoxy groups -OCH3 is 2. The van der Waals surface area contributed by atoms with Crippen molar-refractivity contribution in [3.8, 4) is 17.2 Å². The Labute approximate surface area is 209 Å². The Hall–Kier alpha value is -4.26. The summed E-state index contributed by atoms with van der Waals surface area (Å²) in [6.45, 7) is 2.18. The summed E-state index contributed by atoms with van der Waals surface area (Å²) in [6, 6.07) is 19.2. The van der Waals surface area contributed by atoms with Gasteiger partial charge in [0.1, 0.15) is 17.6 Å². The van der Waals surface area contributed by atoms with E-state index in [2.05, 4.69) is 0 Å². The summed E-state index contributed by atoms with van der Waals surface area (Å²) in [5, 5.41) is 11.4. The van der Waals surface area contributed by atoms with E-state index < -0.39 is 17.7 Å². The SMILES string of the molecule is COc1ccc([C@H]2/C(=C(\O)c3ccc4c(c3)C[C@H](C)O4)C(=O)C(=O)N2Cc2ccccc2)cc1OC. The summed E-state index contributed by atoms with van der Waals surface area (Å²) in [6.07, 6.45) is 0.748. The minimum absolute atomic E-state index is 0.0371. The van der Waals surface area contributed by atoms with Crippen molar-refractivity contribution in [3.63, 3.8) is 0 Å². The van der Waals surface area contributed by atoms with Gasteiger partial charge in [0.05, 0.1) is 25.8 Å². The number of Topliss-reactive ketones (excluding diaryl/α,β-unsaturated/α-hetero) is 1. The van der Waals surface area contributed by atoms with Gasteiger partial charge in [0.25, 0.3) is 11.7 Å². The van der Waals surface area contributed by atoms with Crippen LogP contribution < -0.4 is 14.2 Å². The van der Waals surface area contributed by atoms with Crippen molar-refractivity contribution in [3.05, 3.63) is 94.6 Å². The number of carbonyl (C=O) groups excluding carboxylic acids is 2. The highest BCUT2D eigenvalue weighted by Crippen LogP contribution is 2.43. The molecule has 0 aliphatic carbocycles. The fraction of sp³-hybridized carbons (Fsp3) is 0.241. The van der Waals surface area contributed by atoms with Crippen LogP contribution in [-0.4, -0.2) is 42.0 Å². The minimum Gasteiger partial charge on any atom is -0.507 e. The molecule has 184 valence electrons. The Bertz CT molecular complexity index is 1360. The zero-order valence-corrected chi connectivity index (χ0v) is 20.4. The number of ether oxygens (including phenoxy) is 3. The first-order valence-electron chi connectivity index (χ1n) is 11.8. The van der Waals surface area contributed by atoms with E-state index in [0.717, 1.165) is 16.9 Å². The van der Waals surface area contributed by atoms with Crippen LogP contribution in [-0.2, 0) is 22.6 Å². The quantitative estimate of drug-likeness (QED) is 0.311. The molecule has 2 aliphatic rings. The molecule has 3 aromatic rings. The van der Waals surface area contributed by atoms with Gasteiger partial charge in [0.15, 0.2) is 11.5 Å². The number of aliphatic hydroxyl groups is 1. The van der Waals surface area contributed by atoms with Gasteiger partial charge < -0.3 is 24.2 Å². The average molecular weight is 486 g/mol. The van der Waals surface area contributed by atoms with E-state index in [4.69, 9.17) is 14.2 Å². The minimum atomic E-state index is -0.812. The fourth-order valence-electron chi connectivity index (χ4n) is 4.92. The van der Waals surface area contributed by atoms with Crippen molar-refractivity contribution >= 4 is 17.4 Å². The lowest BCUT2D eigenvalue weighted by molar-refractivity contribution is -0.140. The summed E-state index contributed by atoms with van der Waals surface area (Å²) >= 11 is 0. The lowest BCUT2D eigenvalue weighted by Gasteiger charge is -2.26. The number of aliphatic hydroxyl groups excluding tert-OH is 1. The number of carbonyl (C=O) groups is 2. The molecule has 2 aliphatic heterocycles.